The summed E-state index contributed by atoms with van der Waals surface area (Å²) in [6.45, 7) is 2.47. The van der Waals surface area contributed by atoms with Crippen molar-refractivity contribution >= 4 is 16.8 Å². The molecule has 2 aromatic carbocycles. The van der Waals surface area contributed by atoms with Crippen molar-refractivity contribution in [1.29, 1.82) is 0 Å². The lowest BCUT2D eigenvalue weighted by Crippen LogP contribution is -2.48. The van der Waals surface area contributed by atoms with Gasteiger partial charge in [-0.05, 0) is 17.7 Å². The lowest BCUT2D eigenvalue weighted by molar-refractivity contribution is 0.129. The molecule has 1 aliphatic rings. The molecule has 0 aromatic heterocycles. The van der Waals surface area contributed by atoms with Gasteiger partial charge < -0.3 is 15.0 Å². The number of rotatable bonds is 7. The number of aliphatic imine (C=N–C) groups is 1. The SMILES string of the molecule is CN=C(NCCS(=O)Cc1ccccc1)N1CCC(Oc2ccccc2)CC1. The molecule has 1 atom stereocenters. The van der Waals surface area contributed by atoms with Gasteiger partial charge in [-0.1, -0.05) is 48.5 Å². The molecule has 1 aliphatic heterocycles. The minimum Gasteiger partial charge on any atom is -0.490 e. The average molecular weight is 400 g/mol. The van der Waals surface area contributed by atoms with Gasteiger partial charge in [0.25, 0.3) is 0 Å². The molecule has 1 fully saturated rings. The Kier molecular flexibility index (Phi) is 7.91. The predicted octanol–water partition coefficient (Wildman–Crippen LogP) is 3.05. The van der Waals surface area contributed by atoms with Gasteiger partial charge in [0, 0.05) is 61.8 Å². The summed E-state index contributed by atoms with van der Waals surface area (Å²) in [6, 6.07) is 20.0. The van der Waals surface area contributed by atoms with Crippen LogP contribution in [0.1, 0.15) is 18.4 Å². The molecule has 2 aromatic rings. The Balaban J connectivity index is 1.38. The van der Waals surface area contributed by atoms with Gasteiger partial charge in [0.05, 0.1) is 0 Å². The predicted molar refractivity (Wildman–Crippen MR) is 116 cm³/mol. The zero-order valence-corrected chi connectivity index (χ0v) is 17.2. The van der Waals surface area contributed by atoms with Crippen LogP contribution in [0.25, 0.3) is 0 Å². The molecule has 28 heavy (non-hydrogen) atoms. The minimum absolute atomic E-state index is 0.245. The molecule has 0 bridgehead atoms. The van der Waals surface area contributed by atoms with Gasteiger partial charge in [-0.3, -0.25) is 9.20 Å². The Morgan fingerprint density at radius 1 is 1.11 bits per heavy atom. The van der Waals surface area contributed by atoms with E-state index < -0.39 is 10.8 Å². The first-order valence-electron chi connectivity index (χ1n) is 9.81. The van der Waals surface area contributed by atoms with Gasteiger partial charge in [-0.2, -0.15) is 0 Å². The summed E-state index contributed by atoms with van der Waals surface area (Å²) < 4.78 is 18.3. The largest absolute Gasteiger partial charge is 0.490 e. The fraction of sp³-hybridized carbons (Fsp3) is 0.409. The summed E-state index contributed by atoms with van der Waals surface area (Å²) in [4.78, 5) is 6.65. The van der Waals surface area contributed by atoms with Gasteiger partial charge in [-0.25, -0.2) is 0 Å². The van der Waals surface area contributed by atoms with E-state index in [2.05, 4.69) is 15.2 Å². The molecular formula is C22H29N3O2S. The normalized spacial score (nSPS) is 16.6. The lowest BCUT2D eigenvalue weighted by atomic mass is 10.1. The van der Waals surface area contributed by atoms with E-state index in [0.29, 0.717) is 18.1 Å². The fourth-order valence-corrected chi connectivity index (χ4v) is 4.36. The molecule has 0 amide bonds. The first kappa shape index (κ1) is 20.4. The highest BCUT2D eigenvalue weighted by molar-refractivity contribution is 7.84. The molecule has 3 rings (SSSR count). The molecule has 1 unspecified atom stereocenters. The Bertz CT molecular complexity index is 760. The Morgan fingerprint density at radius 3 is 2.39 bits per heavy atom. The van der Waals surface area contributed by atoms with Gasteiger partial charge in [0.1, 0.15) is 11.9 Å². The quantitative estimate of drug-likeness (QED) is 0.574. The highest BCUT2D eigenvalue weighted by atomic mass is 32.2. The molecule has 0 radical (unpaired) electrons. The third-order valence-electron chi connectivity index (χ3n) is 4.78. The van der Waals surface area contributed by atoms with Crippen molar-refractivity contribution < 1.29 is 8.95 Å². The van der Waals surface area contributed by atoms with E-state index in [4.69, 9.17) is 4.74 Å². The van der Waals surface area contributed by atoms with Crippen molar-refractivity contribution in [1.82, 2.24) is 10.2 Å². The van der Waals surface area contributed by atoms with Crippen LogP contribution in [-0.4, -0.2) is 53.6 Å². The number of likely N-dealkylation sites (tertiary alicyclic amines) is 1. The third kappa shape index (κ3) is 6.37. The fourth-order valence-electron chi connectivity index (χ4n) is 3.32. The van der Waals surface area contributed by atoms with Gasteiger partial charge in [0.2, 0.25) is 0 Å². The maximum Gasteiger partial charge on any atom is 0.193 e. The molecule has 5 nitrogen and oxygen atoms in total. The summed E-state index contributed by atoms with van der Waals surface area (Å²) in [7, 11) is 0.923. The summed E-state index contributed by atoms with van der Waals surface area (Å²) in [5, 5.41) is 3.36. The molecule has 0 aliphatic carbocycles. The summed E-state index contributed by atoms with van der Waals surface area (Å²) in [5.74, 6) is 3.03. The van der Waals surface area contributed by atoms with Crippen LogP contribution in [0, 0.1) is 0 Å². The van der Waals surface area contributed by atoms with E-state index in [-0.39, 0.29) is 6.10 Å². The van der Waals surface area contributed by atoms with Crippen molar-refractivity contribution in [2.45, 2.75) is 24.7 Å². The maximum absolute atomic E-state index is 12.3. The Hall–Kier alpha value is -2.34. The number of benzene rings is 2. The van der Waals surface area contributed by atoms with Crippen LogP contribution in [0.5, 0.6) is 5.75 Å². The van der Waals surface area contributed by atoms with E-state index >= 15 is 0 Å². The molecule has 150 valence electrons. The molecule has 0 spiro atoms. The van der Waals surface area contributed by atoms with Crippen LogP contribution in [-0.2, 0) is 16.6 Å². The van der Waals surface area contributed by atoms with Gasteiger partial charge in [0.15, 0.2) is 5.96 Å². The Labute approximate surface area is 170 Å². The number of guanidine groups is 1. The first-order chi connectivity index (χ1) is 13.7. The second kappa shape index (κ2) is 10.9. The molecule has 1 N–H and O–H groups in total. The summed E-state index contributed by atoms with van der Waals surface area (Å²) in [6.07, 6.45) is 2.18. The van der Waals surface area contributed by atoms with Crippen molar-refractivity contribution in [3.8, 4) is 5.75 Å². The number of ether oxygens (including phenoxy) is 1. The topological polar surface area (TPSA) is 53.9 Å². The Morgan fingerprint density at radius 2 is 1.75 bits per heavy atom. The van der Waals surface area contributed by atoms with Crippen molar-refractivity contribution in [3.05, 3.63) is 66.2 Å². The van der Waals surface area contributed by atoms with Crippen LogP contribution in [0.15, 0.2) is 65.7 Å². The van der Waals surface area contributed by atoms with Crippen LogP contribution in [0.4, 0.5) is 0 Å². The van der Waals surface area contributed by atoms with Crippen molar-refractivity contribution in [2.24, 2.45) is 4.99 Å². The summed E-state index contributed by atoms with van der Waals surface area (Å²) >= 11 is 0. The number of hydrogen-bond acceptors (Lipinski definition) is 3. The smallest absolute Gasteiger partial charge is 0.193 e. The number of piperidine rings is 1. The highest BCUT2D eigenvalue weighted by Gasteiger charge is 2.22. The van der Waals surface area contributed by atoms with Crippen molar-refractivity contribution in [2.75, 3.05) is 32.4 Å². The van der Waals surface area contributed by atoms with E-state index in [0.717, 1.165) is 43.2 Å². The monoisotopic (exact) mass is 399 g/mol. The van der Waals surface area contributed by atoms with Crippen LogP contribution >= 0.6 is 0 Å². The number of nitrogens with one attached hydrogen (secondary N) is 1. The highest BCUT2D eigenvalue weighted by Crippen LogP contribution is 2.18. The molecular weight excluding hydrogens is 370 g/mol. The maximum atomic E-state index is 12.3. The molecule has 6 heteroatoms. The minimum atomic E-state index is -0.879. The first-order valence-corrected chi connectivity index (χ1v) is 11.3. The third-order valence-corrected chi connectivity index (χ3v) is 6.10. The molecule has 0 saturated carbocycles. The zero-order chi connectivity index (χ0) is 19.6. The zero-order valence-electron chi connectivity index (χ0n) is 16.4. The average Bonchev–Trinajstić information content (AvgIpc) is 2.73. The van der Waals surface area contributed by atoms with Crippen LogP contribution in [0.3, 0.4) is 0 Å². The van der Waals surface area contributed by atoms with E-state index in [1.807, 2.05) is 60.7 Å². The molecule has 1 heterocycles. The summed E-state index contributed by atoms with van der Waals surface area (Å²) in [5.41, 5.74) is 1.12. The second-order valence-corrected chi connectivity index (χ2v) is 8.44. The van der Waals surface area contributed by atoms with Gasteiger partial charge in [-0.15, -0.1) is 0 Å². The van der Waals surface area contributed by atoms with E-state index in [1.165, 1.54) is 0 Å². The van der Waals surface area contributed by atoms with E-state index in [1.54, 1.807) is 7.05 Å². The van der Waals surface area contributed by atoms with Crippen LogP contribution in [0.2, 0.25) is 0 Å². The molecule has 1 saturated heterocycles. The van der Waals surface area contributed by atoms with Crippen LogP contribution < -0.4 is 10.1 Å². The van der Waals surface area contributed by atoms with Gasteiger partial charge >= 0.3 is 0 Å². The second-order valence-electron chi connectivity index (χ2n) is 6.87. The standard InChI is InChI=1S/C22H29N3O2S/c1-23-22(24-14-17-28(26)18-19-8-4-2-5-9-19)25-15-12-21(13-16-25)27-20-10-6-3-7-11-20/h2-11,21H,12-18H2,1H3,(H,23,24). The lowest BCUT2D eigenvalue weighted by Gasteiger charge is -2.34. The van der Waals surface area contributed by atoms with Crippen molar-refractivity contribution in [3.63, 3.8) is 0 Å². The van der Waals surface area contributed by atoms with E-state index in [9.17, 15) is 4.21 Å². The number of para-hydroxylation sites is 1. The number of hydrogen-bond donors (Lipinski definition) is 1. The number of nitrogens with zero attached hydrogens (tertiary/aromatic N) is 2.